The van der Waals surface area contributed by atoms with Crippen LogP contribution in [0.4, 0.5) is 0 Å². The number of nitrogens with one attached hydrogen (secondary N) is 1. The molecular formula is C21H28ClNO4. The standard InChI is InChI=1S/C21H27NO4.ClH/c1-14-7-9-22(10-8-14)13-18(23)15-5-6-17-16(11-15)12-19(24-2)21(26-4)20(17)25-3;/h5-6,11-12,14H,7-10,13H2,1-4H3;1H. The fourth-order valence-electron chi connectivity index (χ4n) is 3.73. The van der Waals surface area contributed by atoms with Crippen molar-refractivity contribution >= 4 is 16.6 Å². The van der Waals surface area contributed by atoms with E-state index in [-0.39, 0.29) is 18.2 Å². The van der Waals surface area contributed by atoms with Crippen molar-refractivity contribution in [2.75, 3.05) is 41.0 Å². The maximum atomic E-state index is 12.8. The maximum Gasteiger partial charge on any atom is 0.216 e. The van der Waals surface area contributed by atoms with E-state index in [0.29, 0.717) is 23.8 Å². The smallest absolute Gasteiger partial charge is 0.216 e. The molecule has 148 valence electrons. The van der Waals surface area contributed by atoms with Gasteiger partial charge in [0.2, 0.25) is 11.5 Å². The minimum absolute atomic E-state index is 0. The number of fused-ring (bicyclic) bond motifs is 1. The molecule has 0 radical (unpaired) electrons. The second kappa shape index (κ2) is 9.29. The van der Waals surface area contributed by atoms with Crippen molar-refractivity contribution in [3.8, 4) is 17.2 Å². The van der Waals surface area contributed by atoms with Crippen molar-refractivity contribution < 1.29 is 36.3 Å². The molecule has 2 aromatic rings. The Morgan fingerprint density at radius 3 is 2.30 bits per heavy atom. The molecule has 0 atom stereocenters. The number of benzene rings is 2. The topological polar surface area (TPSA) is 49.2 Å². The van der Waals surface area contributed by atoms with Gasteiger partial charge in [-0.1, -0.05) is 13.0 Å². The molecule has 1 N–H and O–H groups in total. The molecule has 0 unspecified atom stereocenters. The summed E-state index contributed by atoms with van der Waals surface area (Å²) in [6, 6.07) is 7.62. The molecule has 1 fully saturated rings. The Morgan fingerprint density at radius 2 is 1.70 bits per heavy atom. The number of quaternary nitrogens is 1. The average molecular weight is 394 g/mol. The van der Waals surface area contributed by atoms with Crippen LogP contribution in [0.5, 0.6) is 17.2 Å². The lowest BCUT2D eigenvalue weighted by Crippen LogP contribution is -3.13. The second-order valence-electron chi connectivity index (χ2n) is 7.11. The molecule has 0 saturated carbocycles. The SMILES string of the molecule is COc1cc2cc(C(=O)C[NH+]3CCC(C)CC3)ccc2c(OC)c1OC.[Cl-]. The molecule has 0 amide bonds. The molecule has 1 aliphatic rings. The molecule has 6 heteroatoms. The number of ketones is 1. The summed E-state index contributed by atoms with van der Waals surface area (Å²) in [7, 11) is 4.79. The highest BCUT2D eigenvalue weighted by Crippen LogP contribution is 2.43. The predicted octanol–water partition coefficient (Wildman–Crippen LogP) is -0.633. The fourth-order valence-corrected chi connectivity index (χ4v) is 3.73. The van der Waals surface area contributed by atoms with Gasteiger partial charge < -0.3 is 31.5 Å². The largest absolute Gasteiger partial charge is 1.00 e. The van der Waals surface area contributed by atoms with Gasteiger partial charge in [0.15, 0.2) is 11.5 Å². The van der Waals surface area contributed by atoms with Crippen LogP contribution in [0.15, 0.2) is 24.3 Å². The van der Waals surface area contributed by atoms with Crippen LogP contribution in [-0.2, 0) is 0 Å². The fraction of sp³-hybridized carbons (Fsp3) is 0.476. The van der Waals surface area contributed by atoms with Crippen molar-refractivity contribution in [3.63, 3.8) is 0 Å². The number of carbonyl (C=O) groups is 1. The molecule has 0 aliphatic carbocycles. The minimum Gasteiger partial charge on any atom is -1.00 e. The van der Waals surface area contributed by atoms with Gasteiger partial charge >= 0.3 is 0 Å². The number of Topliss-reactive ketones (excluding diaryl/α,β-unsaturated/α-hetero) is 1. The molecule has 0 bridgehead atoms. The van der Waals surface area contributed by atoms with Gasteiger partial charge in [-0.2, -0.15) is 0 Å². The first-order valence-electron chi connectivity index (χ1n) is 9.16. The van der Waals surface area contributed by atoms with Gasteiger partial charge in [0.1, 0.15) is 6.54 Å². The number of ether oxygens (including phenoxy) is 3. The van der Waals surface area contributed by atoms with Crippen LogP contribution in [0.1, 0.15) is 30.1 Å². The summed E-state index contributed by atoms with van der Waals surface area (Å²) in [5.41, 5.74) is 0.734. The van der Waals surface area contributed by atoms with Crippen LogP contribution < -0.4 is 31.5 Å². The number of methoxy groups -OCH3 is 3. The molecule has 1 heterocycles. The number of hydrogen-bond acceptors (Lipinski definition) is 4. The van der Waals surface area contributed by atoms with Gasteiger partial charge in [0.25, 0.3) is 0 Å². The van der Waals surface area contributed by atoms with Crippen molar-refractivity contribution in [1.29, 1.82) is 0 Å². The molecule has 1 saturated heterocycles. The lowest BCUT2D eigenvalue weighted by Gasteiger charge is -2.26. The van der Waals surface area contributed by atoms with Gasteiger partial charge in [-0.25, -0.2) is 0 Å². The average Bonchev–Trinajstić information content (AvgIpc) is 2.67. The zero-order valence-corrected chi connectivity index (χ0v) is 17.2. The number of rotatable bonds is 6. The highest BCUT2D eigenvalue weighted by molar-refractivity contribution is 6.02. The van der Waals surface area contributed by atoms with E-state index in [1.807, 2.05) is 24.3 Å². The van der Waals surface area contributed by atoms with Crippen LogP contribution in [0, 0.1) is 5.92 Å². The maximum absolute atomic E-state index is 12.8. The first-order valence-corrected chi connectivity index (χ1v) is 9.16. The van der Waals surface area contributed by atoms with Gasteiger partial charge in [-0.3, -0.25) is 4.79 Å². The van der Waals surface area contributed by atoms with Gasteiger partial charge in [-0.05, 0) is 42.3 Å². The molecule has 5 nitrogen and oxygen atoms in total. The van der Waals surface area contributed by atoms with Crippen LogP contribution >= 0.6 is 0 Å². The quantitative estimate of drug-likeness (QED) is 0.664. The third kappa shape index (κ3) is 4.47. The third-order valence-corrected chi connectivity index (χ3v) is 5.35. The van der Waals surface area contributed by atoms with Crippen molar-refractivity contribution in [2.24, 2.45) is 5.92 Å². The molecular weight excluding hydrogens is 366 g/mol. The first-order chi connectivity index (χ1) is 12.6. The van der Waals surface area contributed by atoms with E-state index in [4.69, 9.17) is 14.2 Å². The Labute approximate surface area is 167 Å². The Balaban J connectivity index is 0.00000261. The number of piperidine rings is 1. The second-order valence-corrected chi connectivity index (χ2v) is 7.11. The molecule has 0 aromatic heterocycles. The lowest BCUT2D eigenvalue weighted by atomic mass is 9.98. The van der Waals surface area contributed by atoms with E-state index < -0.39 is 0 Å². The van der Waals surface area contributed by atoms with Gasteiger partial charge in [-0.15, -0.1) is 0 Å². The number of halogens is 1. The summed E-state index contributed by atoms with van der Waals surface area (Å²) >= 11 is 0. The van der Waals surface area contributed by atoms with E-state index in [2.05, 4.69) is 6.92 Å². The van der Waals surface area contributed by atoms with Crippen LogP contribution in [-0.4, -0.2) is 46.7 Å². The van der Waals surface area contributed by atoms with Crippen LogP contribution in [0.3, 0.4) is 0 Å². The molecule has 0 spiro atoms. The van der Waals surface area contributed by atoms with E-state index in [0.717, 1.165) is 35.3 Å². The lowest BCUT2D eigenvalue weighted by molar-refractivity contribution is -0.897. The van der Waals surface area contributed by atoms with Gasteiger partial charge in [0.05, 0.1) is 34.4 Å². The number of likely N-dealkylation sites (tertiary alicyclic amines) is 1. The molecule has 2 aromatic carbocycles. The van der Waals surface area contributed by atoms with E-state index in [1.54, 1.807) is 21.3 Å². The van der Waals surface area contributed by atoms with E-state index in [9.17, 15) is 4.79 Å². The van der Waals surface area contributed by atoms with Crippen molar-refractivity contribution in [2.45, 2.75) is 19.8 Å². The predicted molar refractivity (Wildman–Crippen MR) is 102 cm³/mol. The Hall–Kier alpha value is -1.98. The number of carbonyl (C=O) groups excluding carboxylic acids is 1. The first kappa shape index (κ1) is 21.3. The van der Waals surface area contributed by atoms with E-state index in [1.165, 1.54) is 17.7 Å². The monoisotopic (exact) mass is 393 g/mol. The summed E-state index contributed by atoms with van der Waals surface area (Å²) in [5.74, 6) is 2.75. The number of hydrogen-bond donors (Lipinski definition) is 1. The third-order valence-electron chi connectivity index (χ3n) is 5.35. The minimum atomic E-state index is 0. The highest BCUT2D eigenvalue weighted by atomic mass is 35.5. The Kier molecular flexibility index (Phi) is 7.33. The summed E-state index contributed by atoms with van der Waals surface area (Å²) in [6.45, 7) is 5.01. The summed E-state index contributed by atoms with van der Waals surface area (Å²) in [4.78, 5) is 14.1. The van der Waals surface area contributed by atoms with E-state index >= 15 is 0 Å². The molecule has 1 aliphatic heterocycles. The highest BCUT2D eigenvalue weighted by Gasteiger charge is 2.23. The summed E-state index contributed by atoms with van der Waals surface area (Å²) < 4.78 is 16.4. The van der Waals surface area contributed by atoms with Crippen molar-refractivity contribution in [1.82, 2.24) is 0 Å². The zero-order valence-electron chi connectivity index (χ0n) is 16.4. The van der Waals surface area contributed by atoms with Crippen LogP contribution in [0.25, 0.3) is 10.8 Å². The molecule has 3 rings (SSSR count). The Morgan fingerprint density at radius 1 is 1.04 bits per heavy atom. The van der Waals surface area contributed by atoms with Crippen molar-refractivity contribution in [3.05, 3.63) is 29.8 Å². The summed E-state index contributed by atoms with van der Waals surface area (Å²) in [6.07, 6.45) is 2.41. The van der Waals surface area contributed by atoms with Gasteiger partial charge in [0, 0.05) is 10.9 Å². The summed E-state index contributed by atoms with van der Waals surface area (Å²) in [5, 5.41) is 1.81. The molecule has 27 heavy (non-hydrogen) atoms. The zero-order chi connectivity index (χ0) is 18.7. The normalized spacial score (nSPS) is 19.3. The Bertz CT molecular complexity index is 800. The van der Waals surface area contributed by atoms with Crippen LogP contribution in [0.2, 0.25) is 0 Å².